The molecule has 0 aliphatic carbocycles. The number of alkyl carbamates (subject to hydrolysis) is 1. The highest BCUT2D eigenvalue weighted by Gasteiger charge is 2.35. The molecule has 43 heavy (non-hydrogen) atoms. The molecule has 2 atom stereocenters. The van der Waals surface area contributed by atoms with Crippen LogP contribution < -0.4 is 11.1 Å². The number of hydrogen-bond donors (Lipinski definition) is 2. The molecule has 1 fully saturated rings. The molecule has 1 saturated heterocycles. The summed E-state index contributed by atoms with van der Waals surface area (Å²) in [5.74, 6) is -0.0808. The number of carbonyl (C=O) groups is 3. The third kappa shape index (κ3) is 9.87. The number of carbonyl (C=O) groups excluding carboxylic acids is 3. The highest BCUT2D eigenvalue weighted by molar-refractivity contribution is 5.86. The summed E-state index contributed by atoms with van der Waals surface area (Å²) < 4.78 is 5.65. The van der Waals surface area contributed by atoms with Gasteiger partial charge in [0.2, 0.25) is 11.8 Å². The lowest BCUT2D eigenvalue weighted by Crippen LogP contribution is -2.51. The molecule has 0 radical (unpaired) electrons. The van der Waals surface area contributed by atoms with Crippen molar-refractivity contribution in [3.63, 3.8) is 0 Å². The second-order valence-electron chi connectivity index (χ2n) is 12.9. The van der Waals surface area contributed by atoms with Crippen molar-refractivity contribution in [1.82, 2.24) is 15.1 Å². The van der Waals surface area contributed by atoms with Gasteiger partial charge in [0.15, 0.2) is 0 Å². The highest BCUT2D eigenvalue weighted by atomic mass is 16.5. The van der Waals surface area contributed by atoms with Crippen LogP contribution in [0, 0.1) is 5.41 Å². The Morgan fingerprint density at radius 1 is 1.19 bits per heavy atom. The molecule has 3 amide bonds. The van der Waals surface area contributed by atoms with E-state index >= 15 is 0 Å². The van der Waals surface area contributed by atoms with Gasteiger partial charge in [-0.3, -0.25) is 9.59 Å². The zero-order valence-electron chi connectivity index (χ0n) is 26.7. The van der Waals surface area contributed by atoms with Crippen molar-refractivity contribution in [2.75, 3.05) is 13.2 Å². The summed E-state index contributed by atoms with van der Waals surface area (Å²) >= 11 is 0. The number of fused-ring (bicyclic) bond motifs is 1. The number of likely N-dealkylation sites (tertiary alicyclic amines) is 1. The largest absolute Gasteiger partial charge is 0.449 e. The first-order chi connectivity index (χ1) is 20.3. The fraction of sp³-hybridized carbons (Fsp3) is 0.514. The molecule has 3 N–H and O–H groups in total. The lowest BCUT2D eigenvalue weighted by molar-refractivity contribution is -0.133. The predicted octanol–water partition coefficient (Wildman–Crippen LogP) is 6.23. The van der Waals surface area contributed by atoms with Gasteiger partial charge in [0.25, 0.3) is 0 Å². The van der Waals surface area contributed by atoms with Crippen LogP contribution in [-0.2, 0) is 27.4 Å². The van der Waals surface area contributed by atoms with E-state index in [4.69, 9.17) is 10.5 Å². The number of hydrogen-bond acceptors (Lipinski definition) is 5. The van der Waals surface area contributed by atoms with Gasteiger partial charge in [-0.15, -0.1) is 0 Å². The molecule has 3 rings (SSSR count). The predicted molar refractivity (Wildman–Crippen MR) is 173 cm³/mol. The molecule has 0 spiro atoms. The summed E-state index contributed by atoms with van der Waals surface area (Å²) in [5.41, 5.74) is 11.8. The number of benzene rings is 1. The number of rotatable bonds is 13. The second kappa shape index (κ2) is 15.1. The Morgan fingerprint density at radius 2 is 1.93 bits per heavy atom. The minimum Gasteiger partial charge on any atom is -0.449 e. The van der Waals surface area contributed by atoms with E-state index in [-0.39, 0.29) is 29.9 Å². The van der Waals surface area contributed by atoms with E-state index in [0.717, 1.165) is 42.4 Å². The molecular weight excluding hydrogens is 540 g/mol. The standard InChI is InChI=1S/C35H50N4O4/c1-24(2)20-25(3)16-17-31(33(41)39-19-11-15-32(39)26(4)36)37-34(42)43-23-35(6,7)18-9-8-12-28-13-10-14-29-21-38(27(5)40)22-30(28)29/h8,10,12-14,20,31-32H,3-4,9,11,15-19,21-23,36H2,1-2,5-7H3,(H,37,42)/b12-8+/t31-,32?/m0/s1. The van der Waals surface area contributed by atoms with E-state index < -0.39 is 12.1 Å². The molecule has 0 aromatic heterocycles. The molecule has 1 aromatic carbocycles. The molecule has 8 nitrogen and oxygen atoms in total. The Hall–Kier alpha value is -3.81. The van der Waals surface area contributed by atoms with Gasteiger partial charge in [0.05, 0.1) is 12.6 Å². The van der Waals surface area contributed by atoms with Crippen LogP contribution in [0.3, 0.4) is 0 Å². The van der Waals surface area contributed by atoms with Crippen LogP contribution in [0.4, 0.5) is 4.79 Å². The van der Waals surface area contributed by atoms with Crippen molar-refractivity contribution in [3.05, 3.63) is 77.0 Å². The van der Waals surface area contributed by atoms with Gasteiger partial charge >= 0.3 is 6.09 Å². The van der Waals surface area contributed by atoms with Gasteiger partial charge in [0.1, 0.15) is 6.04 Å². The van der Waals surface area contributed by atoms with Crippen molar-refractivity contribution in [2.45, 2.75) is 98.3 Å². The van der Waals surface area contributed by atoms with E-state index in [9.17, 15) is 14.4 Å². The van der Waals surface area contributed by atoms with Gasteiger partial charge < -0.3 is 25.6 Å². The van der Waals surface area contributed by atoms with Gasteiger partial charge in [0, 0.05) is 32.3 Å². The van der Waals surface area contributed by atoms with Gasteiger partial charge in [-0.2, -0.15) is 0 Å². The third-order valence-corrected chi connectivity index (χ3v) is 8.14. The summed E-state index contributed by atoms with van der Waals surface area (Å²) in [7, 11) is 0. The average Bonchev–Trinajstić information content (AvgIpc) is 3.60. The third-order valence-electron chi connectivity index (χ3n) is 8.14. The van der Waals surface area contributed by atoms with E-state index in [2.05, 4.69) is 56.6 Å². The zero-order chi connectivity index (χ0) is 31.7. The van der Waals surface area contributed by atoms with Crippen molar-refractivity contribution in [2.24, 2.45) is 11.1 Å². The Kier molecular flexibility index (Phi) is 11.8. The lowest BCUT2D eigenvalue weighted by atomic mass is 9.88. The molecular formula is C35H50N4O4. The van der Waals surface area contributed by atoms with Crippen LogP contribution in [0.2, 0.25) is 0 Å². The fourth-order valence-corrected chi connectivity index (χ4v) is 5.71. The monoisotopic (exact) mass is 590 g/mol. The first-order valence-electron chi connectivity index (χ1n) is 15.3. The second-order valence-corrected chi connectivity index (χ2v) is 12.9. The maximum atomic E-state index is 13.5. The van der Waals surface area contributed by atoms with E-state index in [1.807, 2.05) is 30.9 Å². The summed E-state index contributed by atoms with van der Waals surface area (Å²) in [4.78, 5) is 41.9. The van der Waals surface area contributed by atoms with Gasteiger partial charge in [-0.05, 0) is 74.5 Å². The lowest BCUT2D eigenvalue weighted by Gasteiger charge is -2.30. The fourth-order valence-electron chi connectivity index (χ4n) is 5.71. The number of allylic oxidation sites excluding steroid dienone is 4. The first kappa shape index (κ1) is 33.7. The summed E-state index contributed by atoms with van der Waals surface area (Å²) in [5, 5.41) is 2.83. The molecule has 1 aromatic rings. The number of ether oxygens (including phenoxy) is 1. The minimum absolute atomic E-state index is 0.0866. The summed E-state index contributed by atoms with van der Waals surface area (Å²) in [6, 6.07) is 5.23. The minimum atomic E-state index is -0.743. The van der Waals surface area contributed by atoms with Crippen LogP contribution in [0.5, 0.6) is 0 Å². The van der Waals surface area contributed by atoms with Crippen LogP contribution in [0.1, 0.15) is 89.8 Å². The molecule has 2 heterocycles. The number of nitrogens with zero attached hydrogens (tertiary/aromatic N) is 2. The summed E-state index contributed by atoms with van der Waals surface area (Å²) in [6.45, 7) is 19.8. The quantitative estimate of drug-likeness (QED) is 0.265. The van der Waals surface area contributed by atoms with Crippen molar-refractivity contribution in [1.29, 1.82) is 0 Å². The molecule has 8 heteroatoms. The van der Waals surface area contributed by atoms with Gasteiger partial charge in [-0.25, -0.2) is 4.79 Å². The van der Waals surface area contributed by atoms with E-state index in [1.165, 1.54) is 11.1 Å². The van der Waals surface area contributed by atoms with Gasteiger partial charge in [-0.1, -0.05) is 74.6 Å². The van der Waals surface area contributed by atoms with Crippen molar-refractivity contribution < 1.29 is 19.1 Å². The van der Waals surface area contributed by atoms with Crippen LogP contribution >= 0.6 is 0 Å². The first-order valence-corrected chi connectivity index (χ1v) is 15.3. The number of nitrogens with two attached hydrogens (primary N) is 1. The molecule has 0 bridgehead atoms. The van der Waals surface area contributed by atoms with Crippen molar-refractivity contribution in [3.8, 4) is 0 Å². The normalized spacial score (nSPS) is 17.0. The van der Waals surface area contributed by atoms with E-state index in [0.29, 0.717) is 38.2 Å². The Balaban J connectivity index is 1.55. The van der Waals surface area contributed by atoms with E-state index in [1.54, 1.807) is 11.8 Å². The molecule has 1 unspecified atom stereocenters. The number of nitrogens with one attached hydrogen (secondary N) is 1. The molecule has 2 aliphatic rings. The molecule has 0 saturated carbocycles. The maximum Gasteiger partial charge on any atom is 0.407 e. The highest BCUT2D eigenvalue weighted by Crippen LogP contribution is 2.28. The summed E-state index contributed by atoms with van der Waals surface area (Å²) in [6.07, 6.45) is 9.87. The Labute approximate surface area is 257 Å². The topological polar surface area (TPSA) is 105 Å². The zero-order valence-corrected chi connectivity index (χ0v) is 26.7. The van der Waals surface area contributed by atoms with Crippen LogP contribution in [-0.4, -0.2) is 52.9 Å². The SMILES string of the molecule is C=C(C=C(C)C)CC[C@H](NC(=O)OCC(C)(C)CC/C=C/c1cccc2c1CN(C(C)=O)C2)C(=O)N1CCCC1C(=C)N. The maximum absolute atomic E-state index is 13.5. The molecule has 2 aliphatic heterocycles. The Bertz CT molecular complexity index is 1270. The van der Waals surface area contributed by atoms with Crippen molar-refractivity contribution >= 4 is 24.0 Å². The smallest absolute Gasteiger partial charge is 0.407 e. The average molecular weight is 591 g/mol. The van der Waals surface area contributed by atoms with Crippen LogP contribution in [0.25, 0.3) is 6.08 Å². The molecule has 234 valence electrons. The van der Waals surface area contributed by atoms with Crippen LogP contribution in [0.15, 0.2) is 60.4 Å². The number of amides is 3. The Morgan fingerprint density at radius 3 is 2.60 bits per heavy atom.